The van der Waals surface area contributed by atoms with Crippen LogP contribution in [0.3, 0.4) is 0 Å². The van der Waals surface area contributed by atoms with E-state index in [1.54, 1.807) is 11.3 Å². The smallest absolute Gasteiger partial charge is 0.322 e. The number of rotatable bonds is 5. The highest BCUT2D eigenvalue weighted by atomic mass is 32.1. The fraction of sp³-hybridized carbons (Fsp3) is 0.417. The molecule has 0 unspecified atom stereocenters. The number of aromatic nitrogens is 3. The fourth-order valence-electron chi connectivity index (χ4n) is 1.91. The van der Waals surface area contributed by atoms with Gasteiger partial charge in [-0.05, 0) is 35.2 Å². The van der Waals surface area contributed by atoms with E-state index >= 15 is 0 Å². The Morgan fingerprint density at radius 1 is 1.42 bits per heavy atom. The van der Waals surface area contributed by atoms with Gasteiger partial charge in [-0.1, -0.05) is 0 Å². The van der Waals surface area contributed by atoms with E-state index < -0.39 is 0 Å². The van der Waals surface area contributed by atoms with E-state index in [9.17, 15) is 0 Å². The van der Waals surface area contributed by atoms with E-state index in [0.29, 0.717) is 12.0 Å². The van der Waals surface area contributed by atoms with Crippen LogP contribution < -0.4 is 15.4 Å². The van der Waals surface area contributed by atoms with Gasteiger partial charge in [0.05, 0.1) is 7.11 Å². The van der Waals surface area contributed by atoms with E-state index in [-0.39, 0.29) is 12.0 Å². The quantitative estimate of drug-likeness (QED) is 0.896. The zero-order chi connectivity index (χ0) is 13.2. The molecule has 2 aromatic rings. The number of anilines is 2. The highest BCUT2D eigenvalue weighted by Gasteiger charge is 2.31. The molecule has 0 amide bonds. The second kappa shape index (κ2) is 5.00. The van der Waals surface area contributed by atoms with Gasteiger partial charge in [0.15, 0.2) is 0 Å². The molecule has 0 spiro atoms. The predicted octanol–water partition coefficient (Wildman–Crippen LogP) is 1.69. The van der Waals surface area contributed by atoms with Gasteiger partial charge in [0.1, 0.15) is 0 Å². The summed E-state index contributed by atoms with van der Waals surface area (Å²) < 4.78 is 5.05. The lowest BCUT2D eigenvalue weighted by Crippen LogP contribution is -2.27. The summed E-state index contributed by atoms with van der Waals surface area (Å²) in [5.41, 5.74) is 6.96. The summed E-state index contributed by atoms with van der Waals surface area (Å²) >= 11 is 1.69. The molecule has 2 N–H and O–H groups in total. The molecule has 1 aliphatic carbocycles. The normalized spacial score (nSPS) is 14.4. The standard InChI is InChI=1S/C12H15N5OS/c1-18-12-15-10(13)14-11(16-12)17(9-2-3-9)6-8-4-5-19-7-8/h4-5,7,9H,2-3,6H2,1H3,(H2,13,14,15,16). The maximum absolute atomic E-state index is 5.70. The zero-order valence-corrected chi connectivity index (χ0v) is 11.4. The summed E-state index contributed by atoms with van der Waals surface area (Å²) in [6.07, 6.45) is 2.33. The Bertz CT molecular complexity index is 555. The average Bonchev–Trinajstić information content (AvgIpc) is 3.12. The molecule has 1 aliphatic rings. The van der Waals surface area contributed by atoms with Crippen LogP contribution in [0.2, 0.25) is 0 Å². The predicted molar refractivity (Wildman–Crippen MR) is 74.3 cm³/mol. The van der Waals surface area contributed by atoms with Crippen LogP contribution >= 0.6 is 11.3 Å². The summed E-state index contributed by atoms with van der Waals surface area (Å²) in [7, 11) is 1.53. The lowest BCUT2D eigenvalue weighted by Gasteiger charge is -2.22. The van der Waals surface area contributed by atoms with Gasteiger partial charge < -0.3 is 15.4 Å². The van der Waals surface area contributed by atoms with E-state index in [2.05, 4.69) is 36.7 Å². The molecular weight excluding hydrogens is 262 g/mol. The maximum atomic E-state index is 5.70. The molecule has 0 aromatic carbocycles. The van der Waals surface area contributed by atoms with Crippen LogP contribution in [0.25, 0.3) is 0 Å². The number of nitrogens with zero attached hydrogens (tertiary/aromatic N) is 4. The average molecular weight is 277 g/mol. The van der Waals surface area contributed by atoms with Crippen molar-refractivity contribution in [2.75, 3.05) is 17.7 Å². The fourth-order valence-corrected chi connectivity index (χ4v) is 2.57. The number of nitrogen functional groups attached to an aromatic ring is 1. The van der Waals surface area contributed by atoms with Gasteiger partial charge in [-0.2, -0.15) is 26.3 Å². The third-order valence-electron chi connectivity index (χ3n) is 2.98. The van der Waals surface area contributed by atoms with Crippen molar-refractivity contribution < 1.29 is 4.74 Å². The molecular formula is C12H15N5OS. The highest BCUT2D eigenvalue weighted by Crippen LogP contribution is 2.32. The van der Waals surface area contributed by atoms with Gasteiger partial charge in [0, 0.05) is 12.6 Å². The number of hydrogen-bond acceptors (Lipinski definition) is 7. The molecule has 2 aromatic heterocycles. The molecule has 0 radical (unpaired) electrons. The molecule has 2 heterocycles. The minimum absolute atomic E-state index is 0.192. The lowest BCUT2D eigenvalue weighted by molar-refractivity contribution is 0.378. The SMILES string of the molecule is COc1nc(N)nc(N(Cc2ccsc2)C2CC2)n1. The Balaban J connectivity index is 1.89. The molecule has 1 saturated carbocycles. The third-order valence-corrected chi connectivity index (χ3v) is 3.71. The summed E-state index contributed by atoms with van der Waals surface area (Å²) in [4.78, 5) is 14.6. The molecule has 100 valence electrons. The molecule has 0 saturated heterocycles. The van der Waals surface area contributed by atoms with Crippen molar-refractivity contribution in [1.29, 1.82) is 0 Å². The first-order valence-electron chi connectivity index (χ1n) is 6.09. The first kappa shape index (κ1) is 12.2. The molecule has 0 aliphatic heterocycles. The molecule has 0 bridgehead atoms. The lowest BCUT2D eigenvalue weighted by atomic mass is 10.3. The topological polar surface area (TPSA) is 77.2 Å². The van der Waals surface area contributed by atoms with E-state index in [0.717, 1.165) is 19.4 Å². The Labute approximate surface area is 115 Å². The van der Waals surface area contributed by atoms with Gasteiger partial charge in [-0.15, -0.1) is 0 Å². The number of methoxy groups -OCH3 is 1. The van der Waals surface area contributed by atoms with Crippen LogP contribution in [0, 0.1) is 0 Å². The largest absolute Gasteiger partial charge is 0.467 e. The third kappa shape index (κ3) is 2.76. The van der Waals surface area contributed by atoms with E-state index in [4.69, 9.17) is 10.5 Å². The highest BCUT2D eigenvalue weighted by molar-refractivity contribution is 7.07. The van der Waals surface area contributed by atoms with Gasteiger partial charge in [-0.3, -0.25) is 0 Å². The minimum Gasteiger partial charge on any atom is -0.467 e. The van der Waals surface area contributed by atoms with Crippen LogP contribution in [0.4, 0.5) is 11.9 Å². The minimum atomic E-state index is 0.192. The molecule has 1 fully saturated rings. The molecule has 0 atom stereocenters. The van der Waals surface area contributed by atoms with Crippen LogP contribution in [0.15, 0.2) is 16.8 Å². The van der Waals surface area contributed by atoms with Gasteiger partial charge >= 0.3 is 6.01 Å². The van der Waals surface area contributed by atoms with Crippen LogP contribution in [-0.2, 0) is 6.54 Å². The second-order valence-corrected chi connectivity index (χ2v) is 5.25. The van der Waals surface area contributed by atoms with Crippen molar-refractivity contribution in [3.63, 3.8) is 0 Å². The summed E-state index contributed by atoms with van der Waals surface area (Å²) in [6.45, 7) is 0.792. The second-order valence-electron chi connectivity index (χ2n) is 4.47. The molecule has 7 heteroatoms. The Morgan fingerprint density at radius 2 is 2.26 bits per heavy atom. The number of thiophene rings is 1. The monoisotopic (exact) mass is 277 g/mol. The van der Waals surface area contributed by atoms with Gasteiger partial charge in [-0.25, -0.2) is 0 Å². The number of hydrogen-bond donors (Lipinski definition) is 1. The maximum Gasteiger partial charge on any atom is 0.322 e. The summed E-state index contributed by atoms with van der Waals surface area (Å²) in [5, 5.41) is 4.21. The zero-order valence-electron chi connectivity index (χ0n) is 10.6. The number of nitrogens with two attached hydrogens (primary N) is 1. The van der Waals surface area contributed by atoms with Crippen molar-refractivity contribution in [3.05, 3.63) is 22.4 Å². The number of ether oxygens (including phenoxy) is 1. The van der Waals surface area contributed by atoms with Gasteiger partial charge in [0.2, 0.25) is 11.9 Å². The molecule has 3 rings (SSSR count). The van der Waals surface area contributed by atoms with Crippen molar-refractivity contribution in [2.24, 2.45) is 0 Å². The van der Waals surface area contributed by atoms with Crippen molar-refractivity contribution in [3.8, 4) is 6.01 Å². The summed E-state index contributed by atoms with van der Waals surface area (Å²) in [6, 6.07) is 2.87. The van der Waals surface area contributed by atoms with Crippen molar-refractivity contribution in [1.82, 2.24) is 15.0 Å². The van der Waals surface area contributed by atoms with Crippen LogP contribution in [0.1, 0.15) is 18.4 Å². The first-order valence-corrected chi connectivity index (χ1v) is 7.04. The van der Waals surface area contributed by atoms with Crippen molar-refractivity contribution >= 4 is 23.2 Å². The Morgan fingerprint density at radius 3 is 2.89 bits per heavy atom. The molecule has 6 nitrogen and oxygen atoms in total. The van der Waals surface area contributed by atoms with E-state index in [1.807, 2.05) is 0 Å². The van der Waals surface area contributed by atoms with Crippen LogP contribution in [0.5, 0.6) is 6.01 Å². The first-order chi connectivity index (χ1) is 9.26. The Kier molecular flexibility index (Phi) is 3.20. The molecule has 19 heavy (non-hydrogen) atoms. The van der Waals surface area contributed by atoms with Crippen LogP contribution in [-0.4, -0.2) is 28.1 Å². The van der Waals surface area contributed by atoms with Gasteiger partial charge in [0.25, 0.3) is 0 Å². The van der Waals surface area contributed by atoms with E-state index in [1.165, 1.54) is 12.7 Å². The Hall–Kier alpha value is -1.89. The summed E-state index contributed by atoms with van der Waals surface area (Å²) in [5.74, 6) is 0.788. The van der Waals surface area contributed by atoms with Crippen molar-refractivity contribution in [2.45, 2.75) is 25.4 Å².